The molecule has 0 aromatic rings. The number of phosphoric acid groups is 1. The Morgan fingerprint density at radius 3 is 1.50 bits per heavy atom. The molecule has 38 valence electrons. The maximum absolute atomic E-state index is 9.23. The summed E-state index contributed by atoms with van der Waals surface area (Å²) in [6, 6.07) is 0. The van der Waals surface area contributed by atoms with Gasteiger partial charge in [0, 0.05) is 9.47 Å². The van der Waals surface area contributed by atoms with Gasteiger partial charge in [-0.25, -0.2) is 0 Å². The topological polar surface area (TPSA) is 72.4 Å². The van der Waals surface area contributed by atoms with Crippen LogP contribution in [-0.4, -0.2) is 0 Å². The predicted molar refractivity (Wildman–Crippen MR) is 18.4 cm³/mol. The van der Waals surface area contributed by atoms with Gasteiger partial charge in [0.1, 0.15) is 0 Å². The van der Waals surface area contributed by atoms with Crippen LogP contribution in [-0.2, 0) is 8.88 Å². The number of rotatable bonds is 1. The van der Waals surface area contributed by atoms with Gasteiger partial charge in [0.25, 0.3) is 0 Å². The van der Waals surface area contributed by atoms with E-state index in [0.717, 1.165) is 0 Å². The van der Waals surface area contributed by atoms with E-state index in [4.69, 9.17) is 0 Å². The molecule has 0 spiro atoms. The summed E-state index contributed by atoms with van der Waals surface area (Å²) in [5.74, 6) is 0. The zero-order valence-electron chi connectivity index (χ0n) is 4.66. The second-order valence-electron chi connectivity index (χ2n) is 0.553. The fourth-order valence-electron chi connectivity index (χ4n) is 0. The van der Waals surface area contributed by atoms with E-state index in [1.165, 1.54) is 9.47 Å². The third kappa shape index (κ3) is 16.4. The van der Waals surface area contributed by atoms with Crippen LogP contribution in [0.5, 0.6) is 0 Å². The van der Waals surface area contributed by atoms with Crippen molar-refractivity contribution in [1.29, 1.82) is 0 Å². The Balaban J connectivity index is -0.000000125. The summed E-state index contributed by atoms with van der Waals surface area (Å²) < 4.78 is 12.5. The van der Waals surface area contributed by atoms with Crippen LogP contribution in [0.1, 0.15) is 0 Å². The summed E-state index contributed by atoms with van der Waals surface area (Å²) >= 11 is 0. The molecule has 1 unspecified atom stereocenters. The predicted octanol–water partition coefficient (Wildman–Crippen LogP) is -7.37. The molecule has 0 fully saturated rings. The fraction of sp³-hybridized carbons (Fsp3) is 0. The molecule has 0 N–H and O–H groups in total. The Morgan fingerprint density at radius 1 is 1.38 bits per heavy atom. The molecule has 4 nitrogen and oxygen atoms in total. The second-order valence-corrected chi connectivity index (χ2v) is 2.29. The van der Waals surface area contributed by atoms with Crippen LogP contribution in [0.2, 0.25) is 0 Å². The zero-order valence-corrected chi connectivity index (χ0v) is 13.0. The second kappa shape index (κ2) is 8.91. The van der Waals surface area contributed by atoms with Crippen molar-refractivity contribution in [2.24, 2.45) is 0 Å². The van der Waals surface area contributed by atoms with Crippen LogP contribution in [0.3, 0.4) is 0 Å². The van der Waals surface area contributed by atoms with Crippen LogP contribution in [0, 0.1) is 0 Å². The smallest absolute Gasteiger partial charge is 0.790 e. The maximum atomic E-state index is 9.23. The molecule has 1 atom stereocenters. The van der Waals surface area contributed by atoms with Crippen molar-refractivity contribution >= 4 is 17.3 Å². The molecule has 0 amide bonds. The van der Waals surface area contributed by atoms with Crippen molar-refractivity contribution in [3.05, 3.63) is 0 Å². The Bertz CT molecular complexity index is 76.1. The molecular weight excluding hydrogens is 204 g/mol. The first-order valence-electron chi connectivity index (χ1n) is 0.966. The molecule has 0 aromatic carbocycles. The molecule has 0 radical (unpaired) electrons. The molecule has 0 aliphatic heterocycles. The van der Waals surface area contributed by atoms with Gasteiger partial charge in [-0.2, -0.15) is 0 Å². The van der Waals surface area contributed by atoms with Crippen LogP contribution in [0.4, 0.5) is 0 Å². The summed E-state index contributed by atoms with van der Waals surface area (Å²) in [6.07, 6.45) is 0. The van der Waals surface area contributed by atoms with Crippen LogP contribution < -0.4 is 113 Å². The molecule has 0 saturated heterocycles. The molecule has 0 heterocycles. The quantitative estimate of drug-likeness (QED) is 0.315. The van der Waals surface area contributed by atoms with E-state index < -0.39 is 7.82 Å². The van der Waals surface area contributed by atoms with Gasteiger partial charge in [-0.1, -0.05) is 0 Å². The van der Waals surface area contributed by atoms with Crippen molar-refractivity contribution in [2.75, 3.05) is 0 Å². The first-order chi connectivity index (χ1) is 2.56. The van der Waals surface area contributed by atoms with Crippen molar-refractivity contribution in [1.82, 2.24) is 0 Å². The maximum Gasteiger partial charge on any atom is 1.00 e. The summed E-state index contributed by atoms with van der Waals surface area (Å²) in [4.78, 5) is 18.5. The number of hydrogen-bond donors (Lipinski definition) is 0. The fourth-order valence-corrected chi connectivity index (χ4v) is 0. The Morgan fingerprint density at radius 2 is 1.50 bits per heavy atom. The van der Waals surface area contributed by atoms with E-state index in [2.05, 4.69) is 4.31 Å². The summed E-state index contributed by atoms with van der Waals surface area (Å²) in [7, 11) is -3.35. The van der Waals surface area contributed by atoms with E-state index in [0.29, 0.717) is 0 Å². The molecule has 0 saturated carbocycles. The van der Waals surface area contributed by atoms with E-state index in [9.17, 15) is 14.4 Å². The van der Waals surface area contributed by atoms with Crippen LogP contribution in [0.15, 0.2) is 0 Å². The van der Waals surface area contributed by atoms with Gasteiger partial charge in [-0.3, -0.25) is 0 Å². The molecule has 0 aliphatic rings. The average molecular weight is 206 g/mol. The molecular formula is H2K2O4P2. The van der Waals surface area contributed by atoms with Gasteiger partial charge in [0.05, 0.1) is 7.82 Å². The van der Waals surface area contributed by atoms with Gasteiger partial charge >= 0.3 is 103 Å². The molecule has 0 aliphatic carbocycles. The third-order valence-electron chi connectivity index (χ3n) is 0.129. The van der Waals surface area contributed by atoms with E-state index >= 15 is 0 Å². The molecule has 0 aromatic heterocycles. The van der Waals surface area contributed by atoms with Gasteiger partial charge in [0.2, 0.25) is 0 Å². The van der Waals surface area contributed by atoms with E-state index in [1.54, 1.807) is 0 Å². The summed E-state index contributed by atoms with van der Waals surface area (Å²) in [5.41, 5.74) is 0. The third-order valence-corrected chi connectivity index (χ3v) is 1.16. The van der Waals surface area contributed by atoms with Gasteiger partial charge < -0.3 is 18.7 Å². The van der Waals surface area contributed by atoms with Gasteiger partial charge in [0.15, 0.2) is 0 Å². The summed E-state index contributed by atoms with van der Waals surface area (Å²) in [5, 5.41) is 0. The van der Waals surface area contributed by atoms with Gasteiger partial charge in [-0.05, 0) is 0 Å². The molecule has 0 bridgehead atoms. The van der Waals surface area contributed by atoms with Gasteiger partial charge in [-0.15, -0.1) is 0 Å². The average Bonchev–Trinajstić information content (AvgIpc) is 1.35. The summed E-state index contributed by atoms with van der Waals surface area (Å²) in [6.45, 7) is 0. The Kier molecular flexibility index (Phi) is 19.8. The van der Waals surface area contributed by atoms with Crippen molar-refractivity contribution in [3.63, 3.8) is 0 Å². The van der Waals surface area contributed by atoms with Crippen molar-refractivity contribution < 1.29 is 121 Å². The molecule has 8 heteroatoms. The Labute approximate surface area is 135 Å². The van der Waals surface area contributed by atoms with E-state index in [-0.39, 0.29) is 103 Å². The number of hydrogen-bond acceptors (Lipinski definition) is 4. The minimum atomic E-state index is -4.68. The first-order valence-corrected chi connectivity index (χ1v) is 2.90. The largest absolute Gasteiger partial charge is 1.00 e. The molecule has 0 rings (SSSR count). The normalized spacial score (nSPS) is 8.88. The minimum Gasteiger partial charge on any atom is -0.790 e. The van der Waals surface area contributed by atoms with Crippen LogP contribution in [0.25, 0.3) is 0 Å². The van der Waals surface area contributed by atoms with E-state index in [1.807, 2.05) is 0 Å². The zero-order chi connectivity index (χ0) is 5.21. The standard InChI is InChI=1S/2K.H4O4P2/c;;1-6(2,3)4-5/h;;5H2,(H2,1,2,3)/q2*+1;/p-2. The van der Waals surface area contributed by atoms with Crippen molar-refractivity contribution in [2.45, 2.75) is 0 Å². The van der Waals surface area contributed by atoms with Crippen LogP contribution >= 0.6 is 17.3 Å². The molecule has 8 heavy (non-hydrogen) atoms. The van der Waals surface area contributed by atoms with Crippen molar-refractivity contribution in [3.8, 4) is 0 Å². The SMILES string of the molecule is O=P([O-])([O-])OP.[K+].[K+]. The first kappa shape index (κ1) is 17.8. The minimum absolute atomic E-state index is 0. The Hall–Kier alpha value is 3.81. The monoisotopic (exact) mass is 206 g/mol.